The van der Waals surface area contributed by atoms with E-state index in [2.05, 4.69) is 0 Å². The van der Waals surface area contributed by atoms with E-state index in [1.807, 2.05) is 0 Å². The molecule has 0 radical (unpaired) electrons. The number of hydrogen-bond acceptors (Lipinski definition) is 3. The van der Waals surface area contributed by atoms with Crippen LogP contribution in [-0.2, 0) is 18.4 Å². The third kappa shape index (κ3) is 2.46. The molecule has 0 aromatic carbocycles. The Kier molecular flexibility index (Phi) is 3.08. The number of hydrogen-bond donors (Lipinski definition) is 2. The van der Waals surface area contributed by atoms with Gasteiger partial charge in [0, 0.05) is 19.4 Å². The van der Waals surface area contributed by atoms with Crippen molar-refractivity contribution in [2.45, 2.75) is 19.1 Å². The highest BCUT2D eigenvalue weighted by atomic mass is 16.4. The lowest BCUT2D eigenvalue weighted by molar-refractivity contribution is -0.139. The van der Waals surface area contributed by atoms with E-state index in [9.17, 15) is 14.7 Å². The van der Waals surface area contributed by atoms with E-state index >= 15 is 0 Å². The molecule has 0 fully saturated rings. The van der Waals surface area contributed by atoms with Crippen molar-refractivity contribution in [2.75, 3.05) is 0 Å². The first-order valence-electron chi connectivity index (χ1n) is 4.12. The van der Waals surface area contributed by atoms with Gasteiger partial charge in [0.2, 0.25) is 0 Å². The number of aliphatic carboxylic acids is 1. The van der Waals surface area contributed by atoms with Crippen molar-refractivity contribution in [2.24, 2.45) is 7.05 Å². The Morgan fingerprint density at radius 3 is 2.64 bits per heavy atom. The van der Waals surface area contributed by atoms with Gasteiger partial charge in [-0.1, -0.05) is 0 Å². The largest absolute Gasteiger partial charge is 0.481 e. The van der Waals surface area contributed by atoms with Crippen molar-refractivity contribution in [3.8, 4) is 0 Å². The zero-order valence-electron chi connectivity index (χ0n) is 7.75. The lowest BCUT2D eigenvalue weighted by Gasteiger charge is -2.07. The number of aromatic nitrogens is 2. The molecule has 78 valence electrons. The van der Waals surface area contributed by atoms with Gasteiger partial charge in [-0.2, -0.15) is 0 Å². The van der Waals surface area contributed by atoms with E-state index < -0.39 is 12.1 Å². The van der Waals surface area contributed by atoms with Crippen LogP contribution in [0.3, 0.4) is 0 Å². The van der Waals surface area contributed by atoms with Crippen LogP contribution in [0.5, 0.6) is 0 Å². The van der Waals surface area contributed by atoms with Crippen molar-refractivity contribution in [1.82, 2.24) is 9.13 Å². The van der Waals surface area contributed by atoms with Crippen molar-refractivity contribution >= 4 is 5.97 Å². The molecule has 0 amide bonds. The second-order valence-electron chi connectivity index (χ2n) is 3.10. The molecule has 0 aliphatic rings. The van der Waals surface area contributed by atoms with Crippen molar-refractivity contribution < 1.29 is 15.0 Å². The number of aryl methyl sites for hydroxylation is 1. The minimum absolute atomic E-state index is 0.00593. The van der Waals surface area contributed by atoms with Gasteiger partial charge in [0.1, 0.15) is 0 Å². The van der Waals surface area contributed by atoms with Crippen molar-refractivity contribution in [1.29, 1.82) is 0 Å². The quantitative estimate of drug-likeness (QED) is 0.654. The van der Waals surface area contributed by atoms with Gasteiger partial charge in [-0.15, -0.1) is 0 Å². The third-order valence-electron chi connectivity index (χ3n) is 1.84. The van der Waals surface area contributed by atoms with Gasteiger partial charge < -0.3 is 14.8 Å². The van der Waals surface area contributed by atoms with Crippen LogP contribution >= 0.6 is 0 Å². The maximum absolute atomic E-state index is 11.3. The normalized spacial score (nSPS) is 12.7. The molecule has 6 heteroatoms. The molecule has 0 saturated carbocycles. The molecule has 0 saturated heterocycles. The van der Waals surface area contributed by atoms with E-state index in [0.717, 1.165) is 0 Å². The first-order valence-corrected chi connectivity index (χ1v) is 4.12. The maximum Gasteiger partial charge on any atom is 0.327 e. The van der Waals surface area contributed by atoms with Crippen LogP contribution in [0.25, 0.3) is 0 Å². The number of aliphatic hydroxyl groups is 1. The summed E-state index contributed by atoms with van der Waals surface area (Å²) in [5, 5.41) is 17.6. The molecule has 1 rings (SSSR count). The molecular weight excluding hydrogens is 188 g/mol. The average molecular weight is 200 g/mol. The molecular formula is C8H12N2O4. The fraction of sp³-hybridized carbons (Fsp3) is 0.500. The second-order valence-corrected chi connectivity index (χ2v) is 3.10. The zero-order chi connectivity index (χ0) is 10.7. The number of rotatable bonds is 4. The predicted molar refractivity (Wildman–Crippen MR) is 47.9 cm³/mol. The van der Waals surface area contributed by atoms with Crippen LogP contribution < -0.4 is 5.69 Å². The Hall–Kier alpha value is -1.56. The summed E-state index contributed by atoms with van der Waals surface area (Å²) >= 11 is 0. The highest BCUT2D eigenvalue weighted by Crippen LogP contribution is 1.95. The van der Waals surface area contributed by atoms with Gasteiger partial charge in [0.15, 0.2) is 0 Å². The summed E-state index contributed by atoms with van der Waals surface area (Å²) in [6.45, 7) is 0.00593. The minimum Gasteiger partial charge on any atom is -0.481 e. The molecule has 2 N–H and O–H groups in total. The number of carboxylic acid groups (broad SMARTS) is 1. The molecule has 1 atom stereocenters. The molecule has 6 nitrogen and oxygen atoms in total. The summed E-state index contributed by atoms with van der Waals surface area (Å²) in [5.74, 6) is -1.08. The molecule has 0 aliphatic heterocycles. The smallest absolute Gasteiger partial charge is 0.327 e. The summed E-state index contributed by atoms with van der Waals surface area (Å²) in [7, 11) is 1.59. The first kappa shape index (κ1) is 10.5. The first-order chi connectivity index (χ1) is 6.50. The number of nitrogens with zero attached hydrogens (tertiary/aromatic N) is 2. The summed E-state index contributed by atoms with van der Waals surface area (Å²) in [5.41, 5.74) is -0.269. The minimum atomic E-state index is -1.08. The Balaban J connectivity index is 2.65. The SMILES string of the molecule is Cn1ccn(CC(O)CC(=O)O)c1=O. The monoisotopic (exact) mass is 200 g/mol. The van der Waals surface area contributed by atoms with E-state index in [-0.39, 0.29) is 18.7 Å². The molecule has 0 spiro atoms. The van der Waals surface area contributed by atoms with Gasteiger partial charge in [0.25, 0.3) is 0 Å². The molecule has 14 heavy (non-hydrogen) atoms. The Labute approximate surface area is 80.0 Å². The van der Waals surface area contributed by atoms with Crippen LogP contribution in [0.2, 0.25) is 0 Å². The second kappa shape index (κ2) is 4.10. The molecule has 1 aromatic heterocycles. The van der Waals surface area contributed by atoms with Gasteiger partial charge >= 0.3 is 11.7 Å². The van der Waals surface area contributed by atoms with Crippen LogP contribution in [0.4, 0.5) is 0 Å². The van der Waals surface area contributed by atoms with Gasteiger partial charge in [-0.25, -0.2) is 4.79 Å². The molecule has 1 aromatic rings. The molecule has 1 unspecified atom stereocenters. The Morgan fingerprint density at radius 2 is 2.21 bits per heavy atom. The lowest BCUT2D eigenvalue weighted by Crippen LogP contribution is -2.28. The van der Waals surface area contributed by atoms with Crippen molar-refractivity contribution in [3.63, 3.8) is 0 Å². The Bertz CT molecular complexity index is 379. The van der Waals surface area contributed by atoms with Crippen molar-refractivity contribution in [3.05, 3.63) is 22.9 Å². The Morgan fingerprint density at radius 1 is 1.57 bits per heavy atom. The number of carboxylic acids is 1. The fourth-order valence-electron chi connectivity index (χ4n) is 1.14. The summed E-state index contributed by atoms with van der Waals surface area (Å²) in [6, 6.07) is 0. The fourth-order valence-corrected chi connectivity index (χ4v) is 1.14. The summed E-state index contributed by atoms with van der Waals surface area (Å²) in [4.78, 5) is 21.5. The number of imidazole rings is 1. The molecule has 0 aliphatic carbocycles. The van der Waals surface area contributed by atoms with E-state index in [1.165, 1.54) is 15.3 Å². The molecule has 1 heterocycles. The van der Waals surface area contributed by atoms with Crippen LogP contribution in [0.1, 0.15) is 6.42 Å². The van der Waals surface area contributed by atoms with E-state index in [4.69, 9.17) is 5.11 Å². The van der Waals surface area contributed by atoms with E-state index in [0.29, 0.717) is 0 Å². The topological polar surface area (TPSA) is 84.5 Å². The third-order valence-corrected chi connectivity index (χ3v) is 1.84. The van der Waals surface area contributed by atoms with Gasteiger partial charge in [-0.05, 0) is 0 Å². The standard InChI is InChI=1S/C8H12N2O4/c1-9-2-3-10(8(9)14)5-6(11)4-7(12)13/h2-3,6,11H,4-5H2,1H3,(H,12,13). The number of carbonyl (C=O) groups is 1. The summed E-state index contributed by atoms with van der Waals surface area (Å²) < 4.78 is 2.63. The lowest BCUT2D eigenvalue weighted by atomic mass is 10.2. The van der Waals surface area contributed by atoms with E-state index in [1.54, 1.807) is 13.2 Å². The zero-order valence-corrected chi connectivity index (χ0v) is 7.75. The van der Waals surface area contributed by atoms with Gasteiger partial charge in [0.05, 0.1) is 19.1 Å². The van der Waals surface area contributed by atoms with Crippen LogP contribution in [-0.4, -0.2) is 31.4 Å². The summed E-state index contributed by atoms with van der Waals surface area (Å²) in [6.07, 6.45) is 1.66. The predicted octanol–water partition coefficient (Wildman–Crippen LogP) is -0.978. The van der Waals surface area contributed by atoms with Gasteiger partial charge in [-0.3, -0.25) is 9.36 Å². The average Bonchev–Trinajstić information content (AvgIpc) is 2.34. The molecule has 0 bridgehead atoms. The highest BCUT2D eigenvalue weighted by Gasteiger charge is 2.11. The van der Waals surface area contributed by atoms with Crippen LogP contribution in [0, 0.1) is 0 Å². The number of aliphatic hydroxyl groups excluding tert-OH is 1. The van der Waals surface area contributed by atoms with Crippen LogP contribution in [0.15, 0.2) is 17.2 Å². The highest BCUT2D eigenvalue weighted by molar-refractivity contribution is 5.67. The maximum atomic E-state index is 11.3.